The minimum Gasteiger partial charge on any atom is -0.351 e. The summed E-state index contributed by atoms with van der Waals surface area (Å²) in [6.07, 6.45) is 0.745. The van der Waals surface area contributed by atoms with Crippen LogP contribution in [0.3, 0.4) is 0 Å². The summed E-state index contributed by atoms with van der Waals surface area (Å²) < 4.78 is 1.12. The van der Waals surface area contributed by atoms with Crippen LogP contribution in [-0.2, 0) is 6.42 Å². The maximum atomic E-state index is 12.2. The van der Waals surface area contributed by atoms with E-state index in [1.165, 1.54) is 22.7 Å². The molecule has 0 radical (unpaired) electrons. The van der Waals surface area contributed by atoms with Crippen LogP contribution in [0.2, 0.25) is 0 Å². The Balaban J connectivity index is 1.58. The van der Waals surface area contributed by atoms with Crippen molar-refractivity contribution in [2.24, 2.45) is 0 Å². The van der Waals surface area contributed by atoms with Gasteiger partial charge in [-0.25, -0.2) is 0 Å². The Bertz CT molecular complexity index is 799. The topological polar surface area (TPSA) is 46.2 Å². The van der Waals surface area contributed by atoms with Crippen molar-refractivity contribution in [2.75, 3.05) is 6.54 Å². The lowest BCUT2D eigenvalue weighted by atomic mass is 10.2. The Kier molecular flexibility index (Phi) is 4.36. The van der Waals surface area contributed by atoms with Crippen LogP contribution in [0.15, 0.2) is 42.5 Å². The van der Waals surface area contributed by atoms with Crippen molar-refractivity contribution in [2.45, 2.75) is 13.3 Å². The second-order valence-corrected chi connectivity index (χ2v) is 7.23. The molecule has 1 N–H and O–H groups in total. The lowest BCUT2D eigenvalue weighted by Crippen LogP contribution is -2.24. The number of ketones is 1. The maximum absolute atomic E-state index is 12.2. The van der Waals surface area contributed by atoms with Crippen LogP contribution in [0, 0.1) is 0 Å². The summed E-state index contributed by atoms with van der Waals surface area (Å²) in [4.78, 5) is 26.0. The van der Waals surface area contributed by atoms with Gasteiger partial charge in [-0.3, -0.25) is 9.59 Å². The minimum atomic E-state index is -0.0375. The van der Waals surface area contributed by atoms with Gasteiger partial charge in [0.05, 0.1) is 9.75 Å². The molecule has 0 fully saturated rings. The predicted octanol–water partition coefficient (Wildman–Crippen LogP) is 4.14. The molecule has 0 spiro atoms. The zero-order valence-electron chi connectivity index (χ0n) is 12.1. The molecule has 0 saturated heterocycles. The molecule has 112 valence electrons. The Hall–Kier alpha value is -1.98. The second kappa shape index (κ2) is 6.42. The average Bonchev–Trinajstić information content (AvgIpc) is 3.13. The number of rotatable bonds is 5. The number of carbonyl (C=O) groups is 2. The van der Waals surface area contributed by atoms with Crippen molar-refractivity contribution in [1.29, 1.82) is 0 Å². The Labute approximate surface area is 136 Å². The van der Waals surface area contributed by atoms with Gasteiger partial charge >= 0.3 is 0 Å². The molecule has 5 heteroatoms. The number of hydrogen-bond acceptors (Lipinski definition) is 4. The maximum Gasteiger partial charge on any atom is 0.261 e. The molecule has 1 aromatic carbocycles. The molecule has 2 aromatic heterocycles. The first-order valence-electron chi connectivity index (χ1n) is 7.00. The van der Waals surface area contributed by atoms with Gasteiger partial charge in [-0.1, -0.05) is 18.2 Å². The molecule has 0 saturated carbocycles. The van der Waals surface area contributed by atoms with Crippen molar-refractivity contribution in [3.8, 4) is 0 Å². The average molecular weight is 329 g/mol. The highest BCUT2D eigenvalue weighted by atomic mass is 32.1. The lowest BCUT2D eigenvalue weighted by molar-refractivity contribution is 0.0957. The van der Waals surface area contributed by atoms with Crippen LogP contribution in [0.4, 0.5) is 0 Å². The summed E-state index contributed by atoms with van der Waals surface area (Å²) in [6.45, 7) is 2.14. The number of thiophene rings is 2. The Morgan fingerprint density at radius 3 is 2.59 bits per heavy atom. The van der Waals surface area contributed by atoms with Crippen LogP contribution in [-0.4, -0.2) is 18.2 Å². The van der Waals surface area contributed by atoms with E-state index in [2.05, 4.69) is 5.32 Å². The van der Waals surface area contributed by atoms with Crippen LogP contribution < -0.4 is 5.32 Å². The summed E-state index contributed by atoms with van der Waals surface area (Å²) >= 11 is 3.00. The number of benzene rings is 1. The van der Waals surface area contributed by atoms with Gasteiger partial charge in [0.1, 0.15) is 0 Å². The molecular weight excluding hydrogens is 314 g/mol. The van der Waals surface area contributed by atoms with E-state index in [0.717, 1.165) is 31.1 Å². The Morgan fingerprint density at radius 2 is 1.86 bits per heavy atom. The van der Waals surface area contributed by atoms with Crippen molar-refractivity contribution in [1.82, 2.24) is 5.32 Å². The molecule has 3 aromatic rings. The largest absolute Gasteiger partial charge is 0.351 e. The fourth-order valence-corrected chi connectivity index (χ4v) is 4.06. The minimum absolute atomic E-state index is 0.0375. The predicted molar refractivity (Wildman–Crippen MR) is 92.2 cm³/mol. The van der Waals surface area contributed by atoms with Crippen LogP contribution in [0.5, 0.6) is 0 Å². The van der Waals surface area contributed by atoms with Gasteiger partial charge in [0, 0.05) is 16.1 Å². The van der Waals surface area contributed by atoms with Crippen LogP contribution >= 0.6 is 22.7 Å². The first-order chi connectivity index (χ1) is 10.6. The quantitative estimate of drug-likeness (QED) is 0.715. The number of carbonyl (C=O) groups excluding carboxylic acids is 2. The van der Waals surface area contributed by atoms with Gasteiger partial charge < -0.3 is 5.32 Å². The van der Waals surface area contributed by atoms with Crippen molar-refractivity contribution < 1.29 is 9.59 Å². The van der Waals surface area contributed by atoms with Crippen molar-refractivity contribution >= 4 is 44.5 Å². The lowest BCUT2D eigenvalue weighted by Gasteiger charge is -2.01. The van der Waals surface area contributed by atoms with Gasteiger partial charge in [0.25, 0.3) is 5.91 Å². The third kappa shape index (κ3) is 3.26. The second-order valence-electron chi connectivity index (χ2n) is 4.98. The molecule has 0 unspecified atom stereocenters. The van der Waals surface area contributed by atoms with Gasteiger partial charge in [-0.2, -0.15) is 0 Å². The summed E-state index contributed by atoms with van der Waals surface area (Å²) in [5, 5.41) is 4.04. The van der Waals surface area contributed by atoms with E-state index < -0.39 is 0 Å². The third-order valence-corrected chi connectivity index (χ3v) is 5.68. The van der Waals surface area contributed by atoms with E-state index in [1.807, 2.05) is 42.5 Å². The summed E-state index contributed by atoms with van der Waals surface area (Å²) in [6, 6.07) is 13.7. The van der Waals surface area contributed by atoms with Crippen LogP contribution in [0.25, 0.3) is 10.1 Å². The number of hydrogen-bond donors (Lipinski definition) is 1. The number of fused-ring (bicyclic) bond motifs is 1. The molecule has 0 aliphatic heterocycles. The molecule has 22 heavy (non-hydrogen) atoms. The van der Waals surface area contributed by atoms with Gasteiger partial charge in [-0.15, -0.1) is 22.7 Å². The first-order valence-corrected chi connectivity index (χ1v) is 8.63. The SMILES string of the molecule is CC(=O)c1ccc(CCNC(=O)c2cc3ccccc3s2)s1. The first kappa shape index (κ1) is 14.9. The number of amides is 1. The highest BCUT2D eigenvalue weighted by molar-refractivity contribution is 7.20. The standard InChI is InChI=1S/C17H15NO2S2/c1-11(19)14-7-6-13(21-14)8-9-18-17(20)16-10-12-4-2-3-5-15(12)22-16/h2-7,10H,8-9H2,1H3,(H,18,20). The molecule has 0 atom stereocenters. The monoisotopic (exact) mass is 329 g/mol. The van der Waals surface area contributed by atoms with E-state index in [-0.39, 0.29) is 11.7 Å². The smallest absolute Gasteiger partial charge is 0.261 e. The van der Waals surface area contributed by atoms with E-state index >= 15 is 0 Å². The third-order valence-electron chi connectivity index (χ3n) is 3.31. The highest BCUT2D eigenvalue weighted by Crippen LogP contribution is 2.25. The van der Waals surface area contributed by atoms with E-state index in [4.69, 9.17) is 0 Å². The Morgan fingerprint density at radius 1 is 1.05 bits per heavy atom. The molecule has 0 bridgehead atoms. The zero-order valence-corrected chi connectivity index (χ0v) is 13.7. The highest BCUT2D eigenvalue weighted by Gasteiger charge is 2.10. The molecular formula is C17H15NO2S2. The van der Waals surface area contributed by atoms with Crippen LogP contribution in [0.1, 0.15) is 31.1 Å². The van der Waals surface area contributed by atoms with E-state index in [0.29, 0.717) is 6.54 Å². The molecule has 1 amide bonds. The zero-order chi connectivity index (χ0) is 15.5. The molecule has 0 aliphatic carbocycles. The molecule has 3 rings (SSSR count). The number of Topliss-reactive ketones (excluding diaryl/α,β-unsaturated/α-hetero) is 1. The fourth-order valence-electron chi connectivity index (χ4n) is 2.18. The summed E-state index contributed by atoms with van der Waals surface area (Å²) in [7, 11) is 0. The van der Waals surface area contributed by atoms with Gasteiger partial charge in [0.15, 0.2) is 5.78 Å². The summed E-state index contributed by atoms with van der Waals surface area (Å²) in [5.74, 6) is 0.0510. The fraction of sp³-hybridized carbons (Fsp3) is 0.176. The molecule has 0 aliphatic rings. The normalized spacial score (nSPS) is 10.8. The number of nitrogens with one attached hydrogen (secondary N) is 1. The van der Waals surface area contributed by atoms with Crippen molar-refractivity contribution in [3.05, 3.63) is 57.1 Å². The van der Waals surface area contributed by atoms with E-state index in [9.17, 15) is 9.59 Å². The van der Waals surface area contributed by atoms with Crippen molar-refractivity contribution in [3.63, 3.8) is 0 Å². The van der Waals surface area contributed by atoms with Gasteiger partial charge in [-0.05, 0) is 43.0 Å². The van der Waals surface area contributed by atoms with Gasteiger partial charge in [0.2, 0.25) is 0 Å². The molecule has 3 nitrogen and oxygen atoms in total. The van der Waals surface area contributed by atoms with E-state index in [1.54, 1.807) is 6.92 Å². The molecule has 2 heterocycles. The summed E-state index contributed by atoms with van der Waals surface area (Å²) in [5.41, 5.74) is 0.